The van der Waals surface area contributed by atoms with Crippen molar-refractivity contribution in [2.24, 2.45) is 0 Å². The number of hydrogen-bond acceptors (Lipinski definition) is 2. The SMILES string of the molecule is CC1(C)c2cc3ccccc3cc2-c2c(-c3cccc(-c4cccc(-c5ccccc5)c4)c3)nc(-c3cccc4ccccc34)nc21. The van der Waals surface area contributed by atoms with Gasteiger partial charge >= 0.3 is 0 Å². The molecule has 2 nitrogen and oxygen atoms in total. The normalized spacial score (nSPS) is 13.1. The molecule has 1 aromatic heterocycles. The molecule has 0 bridgehead atoms. The van der Waals surface area contributed by atoms with Gasteiger partial charge < -0.3 is 0 Å². The van der Waals surface area contributed by atoms with Gasteiger partial charge in [0.15, 0.2) is 5.82 Å². The first-order chi connectivity index (χ1) is 23.0. The maximum absolute atomic E-state index is 5.47. The Balaban J connectivity index is 1.29. The summed E-state index contributed by atoms with van der Waals surface area (Å²) in [7, 11) is 0. The van der Waals surface area contributed by atoms with E-state index < -0.39 is 0 Å². The number of aromatic nitrogens is 2. The van der Waals surface area contributed by atoms with E-state index in [1.165, 1.54) is 44.0 Å². The third-order valence-corrected chi connectivity index (χ3v) is 9.80. The fourth-order valence-electron chi connectivity index (χ4n) is 7.36. The van der Waals surface area contributed by atoms with Gasteiger partial charge in [-0.1, -0.05) is 147 Å². The molecule has 0 atom stereocenters. The smallest absolute Gasteiger partial charge is 0.160 e. The van der Waals surface area contributed by atoms with Crippen molar-refractivity contribution >= 4 is 21.5 Å². The predicted octanol–water partition coefficient (Wildman–Crippen LogP) is 11.8. The molecule has 9 rings (SSSR count). The molecular formula is C45H32N2. The van der Waals surface area contributed by atoms with Crippen LogP contribution >= 0.6 is 0 Å². The lowest BCUT2D eigenvalue weighted by Crippen LogP contribution is -2.17. The molecule has 0 saturated heterocycles. The minimum absolute atomic E-state index is 0.298. The third-order valence-electron chi connectivity index (χ3n) is 9.80. The lowest BCUT2D eigenvalue weighted by atomic mass is 9.84. The van der Waals surface area contributed by atoms with E-state index in [2.05, 4.69) is 172 Å². The predicted molar refractivity (Wildman–Crippen MR) is 196 cm³/mol. The lowest BCUT2D eigenvalue weighted by molar-refractivity contribution is 0.637. The Hall–Kier alpha value is -5.86. The van der Waals surface area contributed by atoms with Crippen LogP contribution < -0.4 is 0 Å². The first-order valence-electron chi connectivity index (χ1n) is 16.3. The van der Waals surface area contributed by atoms with Crippen LogP contribution in [-0.2, 0) is 5.41 Å². The van der Waals surface area contributed by atoms with Crippen molar-refractivity contribution in [3.05, 3.63) is 169 Å². The van der Waals surface area contributed by atoms with E-state index in [-0.39, 0.29) is 5.41 Å². The summed E-state index contributed by atoms with van der Waals surface area (Å²) in [6.45, 7) is 4.61. The highest BCUT2D eigenvalue weighted by molar-refractivity contribution is 5.99. The molecule has 1 aliphatic rings. The molecule has 0 fully saturated rings. The minimum Gasteiger partial charge on any atom is -0.231 e. The highest BCUT2D eigenvalue weighted by Crippen LogP contribution is 2.52. The highest BCUT2D eigenvalue weighted by Gasteiger charge is 2.40. The monoisotopic (exact) mass is 600 g/mol. The Bertz CT molecular complexity index is 2490. The average Bonchev–Trinajstić information content (AvgIpc) is 3.35. The summed E-state index contributed by atoms with van der Waals surface area (Å²) in [6.07, 6.45) is 0. The van der Waals surface area contributed by atoms with E-state index in [1.54, 1.807) is 0 Å². The molecule has 8 aromatic rings. The fraction of sp³-hybridized carbons (Fsp3) is 0.0667. The summed E-state index contributed by atoms with van der Waals surface area (Å²) >= 11 is 0. The van der Waals surface area contributed by atoms with Crippen molar-refractivity contribution in [2.45, 2.75) is 19.3 Å². The van der Waals surface area contributed by atoms with Crippen LogP contribution in [0.3, 0.4) is 0 Å². The van der Waals surface area contributed by atoms with E-state index in [9.17, 15) is 0 Å². The van der Waals surface area contributed by atoms with Crippen molar-refractivity contribution in [3.63, 3.8) is 0 Å². The van der Waals surface area contributed by atoms with Gasteiger partial charge in [0.05, 0.1) is 11.4 Å². The maximum atomic E-state index is 5.47. The zero-order valence-corrected chi connectivity index (χ0v) is 26.4. The van der Waals surface area contributed by atoms with Crippen LogP contribution in [-0.4, -0.2) is 9.97 Å². The maximum Gasteiger partial charge on any atom is 0.160 e. The van der Waals surface area contributed by atoms with Gasteiger partial charge in [-0.15, -0.1) is 0 Å². The van der Waals surface area contributed by atoms with Crippen molar-refractivity contribution in [1.29, 1.82) is 0 Å². The quantitative estimate of drug-likeness (QED) is 0.201. The summed E-state index contributed by atoms with van der Waals surface area (Å²) in [5.74, 6) is 0.762. The van der Waals surface area contributed by atoms with Gasteiger partial charge in [0.1, 0.15) is 0 Å². The molecule has 1 aliphatic carbocycles. The van der Waals surface area contributed by atoms with E-state index in [0.29, 0.717) is 0 Å². The molecule has 0 saturated carbocycles. The molecule has 0 radical (unpaired) electrons. The van der Waals surface area contributed by atoms with E-state index in [0.717, 1.165) is 44.9 Å². The zero-order chi connectivity index (χ0) is 31.5. The molecule has 47 heavy (non-hydrogen) atoms. The van der Waals surface area contributed by atoms with Crippen LogP contribution in [0, 0.1) is 0 Å². The van der Waals surface area contributed by atoms with Crippen LogP contribution in [0.4, 0.5) is 0 Å². The first-order valence-corrected chi connectivity index (χ1v) is 16.3. The third kappa shape index (κ3) is 4.48. The van der Waals surface area contributed by atoms with Crippen LogP contribution in [0.15, 0.2) is 158 Å². The van der Waals surface area contributed by atoms with Crippen molar-refractivity contribution in [3.8, 4) is 56.0 Å². The summed E-state index contributed by atoms with van der Waals surface area (Å²) in [5.41, 5.74) is 12.3. The summed E-state index contributed by atoms with van der Waals surface area (Å²) in [6, 6.07) is 56.5. The number of nitrogens with zero attached hydrogens (tertiary/aromatic N) is 2. The molecule has 0 N–H and O–H groups in total. The number of hydrogen-bond donors (Lipinski definition) is 0. The largest absolute Gasteiger partial charge is 0.231 e. The topological polar surface area (TPSA) is 25.8 Å². The molecule has 0 unspecified atom stereocenters. The van der Waals surface area contributed by atoms with E-state index in [1.807, 2.05) is 0 Å². The van der Waals surface area contributed by atoms with Crippen molar-refractivity contribution < 1.29 is 0 Å². The average molecular weight is 601 g/mol. The Kier molecular flexibility index (Phi) is 6.20. The second-order valence-corrected chi connectivity index (χ2v) is 13.0. The van der Waals surface area contributed by atoms with Crippen molar-refractivity contribution in [1.82, 2.24) is 9.97 Å². The van der Waals surface area contributed by atoms with Gasteiger partial charge in [-0.3, -0.25) is 0 Å². The van der Waals surface area contributed by atoms with Gasteiger partial charge in [-0.2, -0.15) is 0 Å². The van der Waals surface area contributed by atoms with Gasteiger partial charge in [0.2, 0.25) is 0 Å². The second-order valence-electron chi connectivity index (χ2n) is 13.0. The second kappa shape index (κ2) is 10.6. The van der Waals surface area contributed by atoms with E-state index >= 15 is 0 Å². The summed E-state index contributed by atoms with van der Waals surface area (Å²) in [5, 5.41) is 4.82. The Morgan fingerprint density at radius 1 is 0.426 bits per heavy atom. The first kappa shape index (κ1) is 27.5. The lowest BCUT2D eigenvalue weighted by Gasteiger charge is -2.21. The van der Waals surface area contributed by atoms with Gasteiger partial charge in [0.25, 0.3) is 0 Å². The minimum atomic E-state index is -0.298. The summed E-state index contributed by atoms with van der Waals surface area (Å²) < 4.78 is 0. The number of rotatable bonds is 4. The molecule has 0 aliphatic heterocycles. The Morgan fingerprint density at radius 3 is 1.74 bits per heavy atom. The number of benzene rings is 7. The van der Waals surface area contributed by atoms with Crippen LogP contribution in [0.2, 0.25) is 0 Å². The molecule has 0 amide bonds. The zero-order valence-electron chi connectivity index (χ0n) is 26.4. The Morgan fingerprint density at radius 2 is 0.979 bits per heavy atom. The van der Waals surface area contributed by atoms with Crippen LogP contribution in [0.5, 0.6) is 0 Å². The van der Waals surface area contributed by atoms with E-state index in [4.69, 9.17) is 9.97 Å². The molecule has 2 heteroatoms. The molecule has 222 valence electrons. The van der Waals surface area contributed by atoms with Gasteiger partial charge in [0, 0.05) is 22.1 Å². The molecule has 0 spiro atoms. The van der Waals surface area contributed by atoms with Crippen molar-refractivity contribution in [2.75, 3.05) is 0 Å². The van der Waals surface area contributed by atoms with Crippen LogP contribution in [0.1, 0.15) is 25.1 Å². The van der Waals surface area contributed by atoms with Crippen LogP contribution in [0.25, 0.3) is 77.6 Å². The fourth-order valence-corrected chi connectivity index (χ4v) is 7.36. The molecular weight excluding hydrogens is 569 g/mol. The molecule has 1 heterocycles. The van der Waals surface area contributed by atoms with Gasteiger partial charge in [-0.25, -0.2) is 9.97 Å². The van der Waals surface area contributed by atoms with Gasteiger partial charge in [-0.05, 0) is 79.2 Å². The number of fused-ring (bicyclic) bond motifs is 5. The Labute approximate surface area is 275 Å². The summed E-state index contributed by atoms with van der Waals surface area (Å²) in [4.78, 5) is 10.9. The highest BCUT2D eigenvalue weighted by atomic mass is 14.9. The molecule has 7 aromatic carbocycles. The standard InChI is InChI=1S/C45H32N2/c1-45(2)40-28-35-17-7-6-16-34(35)27-39(40)41-42(46-44(47-43(41)45)38-24-12-18-30-15-8-9-23-37(30)38)36-22-11-21-33(26-36)32-20-10-19-31(25-32)29-13-4-3-5-14-29/h3-28H,1-2H3.